The third kappa shape index (κ3) is 5.31. The largest absolute Gasteiger partial charge is 0.322 e. The molecule has 0 saturated heterocycles. The minimum absolute atomic E-state index is 0.112. The number of rotatable bonds is 7. The van der Waals surface area contributed by atoms with Gasteiger partial charge in [0.05, 0.1) is 10.6 Å². The van der Waals surface area contributed by atoms with E-state index >= 15 is 0 Å². The molecular formula is C27H23NO3S. The second-order valence-electron chi connectivity index (χ2n) is 7.54. The first-order valence-electron chi connectivity index (χ1n) is 10.3. The number of hydrogen-bond acceptors (Lipinski definition) is 3. The van der Waals surface area contributed by atoms with E-state index in [-0.39, 0.29) is 16.6 Å². The Balaban J connectivity index is 1.46. The van der Waals surface area contributed by atoms with Crippen LogP contribution in [0.2, 0.25) is 0 Å². The van der Waals surface area contributed by atoms with Gasteiger partial charge in [0.1, 0.15) is 0 Å². The van der Waals surface area contributed by atoms with Crippen LogP contribution < -0.4 is 5.32 Å². The van der Waals surface area contributed by atoms with E-state index in [0.29, 0.717) is 17.5 Å². The maximum Gasteiger partial charge on any atom is 0.255 e. The van der Waals surface area contributed by atoms with Gasteiger partial charge >= 0.3 is 0 Å². The summed E-state index contributed by atoms with van der Waals surface area (Å²) in [4.78, 5) is 13.1. The van der Waals surface area contributed by atoms with Gasteiger partial charge < -0.3 is 5.32 Å². The molecule has 4 nitrogen and oxygen atoms in total. The number of para-hydroxylation sites is 1. The van der Waals surface area contributed by atoms with Crippen molar-refractivity contribution in [3.8, 4) is 0 Å². The molecule has 0 aliphatic carbocycles. The van der Waals surface area contributed by atoms with Gasteiger partial charge in [-0.05, 0) is 53.4 Å². The molecule has 5 heteroatoms. The summed E-state index contributed by atoms with van der Waals surface area (Å²) in [5, 5.41) is 2.98. The Labute approximate surface area is 188 Å². The van der Waals surface area contributed by atoms with Crippen molar-refractivity contribution in [3.63, 3.8) is 0 Å². The second kappa shape index (κ2) is 9.62. The Morgan fingerprint density at radius 2 is 1.25 bits per heavy atom. The van der Waals surface area contributed by atoms with Crippen LogP contribution in [0.3, 0.4) is 0 Å². The SMILES string of the molecule is O=C(Nc1ccccc1Cc1ccccc1)c1ccc(CS(=O)(=O)c2ccccc2)cc1. The smallest absolute Gasteiger partial charge is 0.255 e. The number of nitrogens with one attached hydrogen (secondary N) is 1. The first-order valence-corrected chi connectivity index (χ1v) is 12.0. The van der Waals surface area contributed by atoms with E-state index in [1.165, 1.54) is 0 Å². The number of sulfone groups is 1. The molecule has 4 aromatic carbocycles. The van der Waals surface area contributed by atoms with Crippen LogP contribution >= 0.6 is 0 Å². The topological polar surface area (TPSA) is 63.2 Å². The molecular weight excluding hydrogens is 418 g/mol. The van der Waals surface area contributed by atoms with Gasteiger partial charge in [-0.15, -0.1) is 0 Å². The van der Waals surface area contributed by atoms with Crippen LogP contribution in [0, 0.1) is 0 Å². The Morgan fingerprint density at radius 1 is 0.656 bits per heavy atom. The molecule has 4 aromatic rings. The molecule has 0 radical (unpaired) electrons. The first kappa shape index (κ1) is 21.5. The number of benzene rings is 4. The number of carbonyl (C=O) groups is 1. The van der Waals surface area contributed by atoms with Crippen LogP contribution in [0.5, 0.6) is 0 Å². The molecule has 0 aliphatic heterocycles. The predicted octanol–water partition coefficient (Wildman–Crippen LogP) is 5.50. The summed E-state index contributed by atoms with van der Waals surface area (Å²) in [6.45, 7) is 0. The average Bonchev–Trinajstić information content (AvgIpc) is 2.82. The molecule has 0 saturated carbocycles. The van der Waals surface area contributed by atoms with Gasteiger partial charge in [0.15, 0.2) is 9.84 Å². The van der Waals surface area contributed by atoms with E-state index in [4.69, 9.17) is 0 Å². The molecule has 1 amide bonds. The van der Waals surface area contributed by atoms with Crippen molar-refractivity contribution in [1.29, 1.82) is 0 Å². The van der Waals surface area contributed by atoms with E-state index in [2.05, 4.69) is 17.4 Å². The van der Waals surface area contributed by atoms with Gasteiger partial charge in [-0.3, -0.25) is 4.79 Å². The zero-order valence-electron chi connectivity index (χ0n) is 17.4. The highest BCUT2D eigenvalue weighted by atomic mass is 32.2. The van der Waals surface area contributed by atoms with Crippen LogP contribution in [-0.4, -0.2) is 14.3 Å². The molecule has 1 N–H and O–H groups in total. The lowest BCUT2D eigenvalue weighted by Gasteiger charge is -2.12. The maximum atomic E-state index is 12.8. The number of amides is 1. The summed E-state index contributed by atoms with van der Waals surface area (Å²) in [5.74, 6) is -0.346. The molecule has 0 spiro atoms. The quantitative estimate of drug-likeness (QED) is 0.412. The van der Waals surface area contributed by atoms with Gasteiger partial charge in [0.2, 0.25) is 0 Å². The van der Waals surface area contributed by atoms with E-state index in [1.807, 2.05) is 42.5 Å². The van der Waals surface area contributed by atoms with Crippen molar-refractivity contribution in [1.82, 2.24) is 0 Å². The Kier molecular flexibility index (Phi) is 6.47. The maximum absolute atomic E-state index is 12.8. The Bertz CT molecular complexity index is 1300. The van der Waals surface area contributed by atoms with Gasteiger partial charge in [-0.2, -0.15) is 0 Å². The molecule has 0 aromatic heterocycles. The number of anilines is 1. The van der Waals surface area contributed by atoms with Crippen molar-refractivity contribution in [2.24, 2.45) is 0 Å². The van der Waals surface area contributed by atoms with Crippen molar-refractivity contribution in [3.05, 3.63) is 131 Å². The third-order valence-electron chi connectivity index (χ3n) is 5.18. The first-order chi connectivity index (χ1) is 15.5. The minimum atomic E-state index is -3.43. The number of hydrogen-bond donors (Lipinski definition) is 1. The zero-order valence-corrected chi connectivity index (χ0v) is 18.3. The van der Waals surface area contributed by atoms with Crippen LogP contribution in [0.1, 0.15) is 27.0 Å². The van der Waals surface area contributed by atoms with Crippen molar-refractivity contribution in [2.75, 3.05) is 5.32 Å². The lowest BCUT2D eigenvalue weighted by Crippen LogP contribution is -2.13. The summed E-state index contributed by atoms with van der Waals surface area (Å²) in [6.07, 6.45) is 0.716. The molecule has 4 rings (SSSR count). The summed E-state index contributed by atoms with van der Waals surface area (Å²) < 4.78 is 25.1. The van der Waals surface area contributed by atoms with E-state index < -0.39 is 9.84 Å². The van der Waals surface area contributed by atoms with Crippen molar-refractivity contribution < 1.29 is 13.2 Å². The van der Waals surface area contributed by atoms with E-state index in [0.717, 1.165) is 16.8 Å². The van der Waals surface area contributed by atoms with Crippen LogP contribution in [0.25, 0.3) is 0 Å². The molecule has 0 atom stereocenters. The molecule has 32 heavy (non-hydrogen) atoms. The fourth-order valence-corrected chi connectivity index (χ4v) is 4.86. The average molecular weight is 442 g/mol. The molecule has 0 bridgehead atoms. The van der Waals surface area contributed by atoms with Gasteiger partial charge in [0.25, 0.3) is 5.91 Å². The monoisotopic (exact) mass is 441 g/mol. The third-order valence-corrected chi connectivity index (χ3v) is 6.88. The fourth-order valence-electron chi connectivity index (χ4n) is 3.49. The summed E-state index contributed by atoms with van der Waals surface area (Å²) in [5.41, 5.74) is 4.06. The van der Waals surface area contributed by atoms with Crippen molar-refractivity contribution >= 4 is 21.4 Å². The second-order valence-corrected chi connectivity index (χ2v) is 9.53. The van der Waals surface area contributed by atoms with Gasteiger partial charge in [-0.25, -0.2) is 8.42 Å². The number of carbonyl (C=O) groups excluding carboxylic acids is 1. The highest BCUT2D eigenvalue weighted by Crippen LogP contribution is 2.21. The predicted molar refractivity (Wildman–Crippen MR) is 127 cm³/mol. The zero-order chi connectivity index (χ0) is 22.4. The highest BCUT2D eigenvalue weighted by molar-refractivity contribution is 7.90. The fraction of sp³-hybridized carbons (Fsp3) is 0.0741. The summed E-state index contributed by atoms with van der Waals surface area (Å²) in [7, 11) is -3.43. The van der Waals surface area contributed by atoms with Gasteiger partial charge in [0, 0.05) is 11.3 Å². The van der Waals surface area contributed by atoms with Crippen LogP contribution in [0.15, 0.2) is 114 Å². The Hall–Kier alpha value is -3.70. The molecule has 160 valence electrons. The normalized spacial score (nSPS) is 11.1. The summed E-state index contributed by atoms with van der Waals surface area (Å²) in [6, 6.07) is 32.9. The Morgan fingerprint density at radius 3 is 1.94 bits per heavy atom. The van der Waals surface area contributed by atoms with Gasteiger partial charge in [-0.1, -0.05) is 78.9 Å². The minimum Gasteiger partial charge on any atom is -0.322 e. The lowest BCUT2D eigenvalue weighted by atomic mass is 10.0. The molecule has 0 unspecified atom stereocenters. The summed E-state index contributed by atoms with van der Waals surface area (Å²) >= 11 is 0. The molecule has 0 fully saturated rings. The molecule has 0 heterocycles. The lowest BCUT2D eigenvalue weighted by molar-refractivity contribution is 0.102. The standard InChI is InChI=1S/C27H23NO3S/c29-27(28-26-14-8-7-11-24(26)19-21-9-3-1-4-10-21)23-17-15-22(16-18-23)20-32(30,31)25-12-5-2-6-13-25/h1-18H,19-20H2,(H,28,29). The van der Waals surface area contributed by atoms with Crippen molar-refractivity contribution in [2.45, 2.75) is 17.1 Å². The van der Waals surface area contributed by atoms with Crippen LogP contribution in [-0.2, 0) is 22.0 Å². The molecule has 0 aliphatic rings. The highest BCUT2D eigenvalue weighted by Gasteiger charge is 2.15. The van der Waals surface area contributed by atoms with Crippen LogP contribution in [0.4, 0.5) is 5.69 Å². The van der Waals surface area contributed by atoms with E-state index in [1.54, 1.807) is 54.6 Å². The van der Waals surface area contributed by atoms with E-state index in [9.17, 15) is 13.2 Å².